The Balaban J connectivity index is 2.11. The summed E-state index contributed by atoms with van der Waals surface area (Å²) in [5.74, 6) is -0.245. The standard InChI is InChI=1S/C20H23NO4/c1-2-25-18-12-10-17(11-13-18)20(24)21(14-6-9-19(22)23)15-16-7-4-3-5-8-16/h3-5,7-8,10-13H,2,6,9,14-15H2,1H3,(H,22,23). The van der Waals surface area contributed by atoms with Crippen molar-refractivity contribution in [3.05, 3.63) is 65.7 Å². The Hall–Kier alpha value is -2.82. The Bertz CT molecular complexity index is 683. The van der Waals surface area contributed by atoms with Crippen LogP contribution >= 0.6 is 0 Å². The van der Waals surface area contributed by atoms with E-state index in [9.17, 15) is 9.59 Å². The first-order chi connectivity index (χ1) is 12.1. The maximum absolute atomic E-state index is 12.8. The molecule has 0 atom stereocenters. The average Bonchev–Trinajstić information content (AvgIpc) is 2.62. The molecule has 0 spiro atoms. The van der Waals surface area contributed by atoms with E-state index in [1.165, 1.54) is 0 Å². The van der Waals surface area contributed by atoms with Crippen LogP contribution in [-0.4, -0.2) is 35.0 Å². The molecule has 0 saturated carbocycles. The Labute approximate surface area is 147 Å². The maximum atomic E-state index is 12.8. The normalized spacial score (nSPS) is 10.3. The van der Waals surface area contributed by atoms with Gasteiger partial charge in [-0.15, -0.1) is 0 Å². The summed E-state index contributed by atoms with van der Waals surface area (Å²) in [5, 5.41) is 8.84. The number of nitrogens with zero attached hydrogens (tertiary/aromatic N) is 1. The third-order valence-electron chi connectivity index (χ3n) is 3.73. The topological polar surface area (TPSA) is 66.8 Å². The predicted octanol–water partition coefficient (Wildman–Crippen LogP) is 3.59. The van der Waals surface area contributed by atoms with E-state index < -0.39 is 5.97 Å². The first kappa shape index (κ1) is 18.5. The maximum Gasteiger partial charge on any atom is 0.303 e. The highest BCUT2D eigenvalue weighted by atomic mass is 16.5. The van der Waals surface area contributed by atoms with Crippen molar-refractivity contribution in [1.29, 1.82) is 0 Å². The van der Waals surface area contributed by atoms with Gasteiger partial charge in [-0.25, -0.2) is 0 Å². The summed E-state index contributed by atoms with van der Waals surface area (Å²) in [4.78, 5) is 25.3. The number of carbonyl (C=O) groups excluding carboxylic acids is 1. The highest BCUT2D eigenvalue weighted by Crippen LogP contribution is 2.16. The fraction of sp³-hybridized carbons (Fsp3) is 0.300. The van der Waals surface area contributed by atoms with E-state index in [4.69, 9.17) is 9.84 Å². The third-order valence-corrected chi connectivity index (χ3v) is 3.73. The minimum Gasteiger partial charge on any atom is -0.494 e. The minimum atomic E-state index is -0.854. The molecule has 5 nitrogen and oxygen atoms in total. The number of benzene rings is 2. The number of aliphatic carboxylic acids is 1. The molecule has 0 aliphatic carbocycles. The Morgan fingerprint density at radius 3 is 2.32 bits per heavy atom. The third kappa shape index (κ3) is 5.95. The van der Waals surface area contributed by atoms with Crippen LogP contribution in [0.4, 0.5) is 0 Å². The van der Waals surface area contributed by atoms with Crippen molar-refractivity contribution in [2.45, 2.75) is 26.3 Å². The number of carbonyl (C=O) groups is 2. The highest BCUT2D eigenvalue weighted by molar-refractivity contribution is 5.94. The zero-order valence-electron chi connectivity index (χ0n) is 14.4. The molecule has 2 aromatic carbocycles. The molecule has 2 aromatic rings. The lowest BCUT2D eigenvalue weighted by Crippen LogP contribution is -2.31. The van der Waals surface area contributed by atoms with Crippen molar-refractivity contribution >= 4 is 11.9 Å². The number of carboxylic acid groups (broad SMARTS) is 1. The van der Waals surface area contributed by atoms with Crippen LogP contribution in [0.25, 0.3) is 0 Å². The summed E-state index contributed by atoms with van der Waals surface area (Å²) in [6.45, 7) is 3.32. The van der Waals surface area contributed by atoms with Gasteiger partial charge >= 0.3 is 5.97 Å². The molecule has 0 fully saturated rings. The van der Waals surface area contributed by atoms with E-state index in [2.05, 4.69) is 0 Å². The van der Waals surface area contributed by atoms with Gasteiger partial charge < -0.3 is 14.7 Å². The number of carboxylic acids is 1. The molecule has 0 unspecified atom stereocenters. The van der Waals surface area contributed by atoms with Crippen molar-refractivity contribution in [1.82, 2.24) is 4.90 Å². The van der Waals surface area contributed by atoms with E-state index in [0.29, 0.717) is 31.7 Å². The molecule has 0 aliphatic rings. The fourth-order valence-corrected chi connectivity index (χ4v) is 2.52. The number of amides is 1. The van der Waals surface area contributed by atoms with Gasteiger partial charge in [0.25, 0.3) is 5.91 Å². The van der Waals surface area contributed by atoms with Crippen molar-refractivity contribution < 1.29 is 19.4 Å². The molecule has 1 N–H and O–H groups in total. The van der Waals surface area contributed by atoms with Gasteiger partial charge in [0.1, 0.15) is 5.75 Å². The van der Waals surface area contributed by atoms with Gasteiger partial charge in [0.2, 0.25) is 0 Å². The fourth-order valence-electron chi connectivity index (χ4n) is 2.52. The first-order valence-corrected chi connectivity index (χ1v) is 8.38. The largest absolute Gasteiger partial charge is 0.494 e. The first-order valence-electron chi connectivity index (χ1n) is 8.38. The van der Waals surface area contributed by atoms with Gasteiger partial charge in [0.15, 0.2) is 0 Å². The number of rotatable bonds is 9. The molecule has 0 heterocycles. The van der Waals surface area contributed by atoms with E-state index >= 15 is 0 Å². The quantitative estimate of drug-likeness (QED) is 0.757. The summed E-state index contributed by atoms with van der Waals surface area (Å²) in [5.41, 5.74) is 1.58. The van der Waals surface area contributed by atoms with Gasteiger partial charge in [-0.3, -0.25) is 9.59 Å². The highest BCUT2D eigenvalue weighted by Gasteiger charge is 2.16. The monoisotopic (exact) mass is 341 g/mol. The van der Waals surface area contributed by atoms with Gasteiger partial charge in [-0.05, 0) is 43.2 Å². The molecule has 0 saturated heterocycles. The van der Waals surface area contributed by atoms with Crippen molar-refractivity contribution in [3.8, 4) is 5.75 Å². The summed E-state index contributed by atoms with van der Waals surface area (Å²) in [7, 11) is 0. The molecule has 132 valence electrons. The number of ether oxygens (including phenoxy) is 1. The minimum absolute atomic E-state index is 0.0435. The molecular formula is C20H23NO4. The zero-order valence-corrected chi connectivity index (χ0v) is 14.4. The van der Waals surface area contributed by atoms with Crippen molar-refractivity contribution in [2.24, 2.45) is 0 Å². The van der Waals surface area contributed by atoms with Crippen LogP contribution in [0.1, 0.15) is 35.7 Å². The molecular weight excluding hydrogens is 318 g/mol. The van der Waals surface area contributed by atoms with Crippen LogP contribution in [0.3, 0.4) is 0 Å². The van der Waals surface area contributed by atoms with Crippen LogP contribution in [0, 0.1) is 0 Å². The van der Waals surface area contributed by atoms with Gasteiger partial charge in [-0.1, -0.05) is 30.3 Å². The van der Waals surface area contributed by atoms with Crippen LogP contribution in [-0.2, 0) is 11.3 Å². The van der Waals surface area contributed by atoms with Crippen LogP contribution in [0.5, 0.6) is 5.75 Å². The molecule has 5 heteroatoms. The number of hydrogen-bond donors (Lipinski definition) is 1. The smallest absolute Gasteiger partial charge is 0.303 e. The molecule has 0 bridgehead atoms. The molecule has 0 radical (unpaired) electrons. The van der Waals surface area contributed by atoms with Gasteiger partial charge in [-0.2, -0.15) is 0 Å². The van der Waals surface area contributed by atoms with Gasteiger partial charge in [0.05, 0.1) is 6.61 Å². The van der Waals surface area contributed by atoms with Crippen molar-refractivity contribution in [2.75, 3.05) is 13.2 Å². The van der Waals surface area contributed by atoms with E-state index in [1.54, 1.807) is 29.2 Å². The molecule has 1 amide bonds. The summed E-state index contributed by atoms with van der Waals surface area (Å²) >= 11 is 0. The van der Waals surface area contributed by atoms with Crippen LogP contribution in [0.15, 0.2) is 54.6 Å². The predicted molar refractivity (Wildman–Crippen MR) is 95.7 cm³/mol. The molecule has 2 rings (SSSR count). The lowest BCUT2D eigenvalue weighted by atomic mass is 10.1. The second-order valence-electron chi connectivity index (χ2n) is 5.67. The summed E-state index contributed by atoms with van der Waals surface area (Å²) in [6.07, 6.45) is 0.465. The summed E-state index contributed by atoms with van der Waals surface area (Å²) in [6, 6.07) is 16.7. The van der Waals surface area contributed by atoms with Crippen LogP contribution in [0.2, 0.25) is 0 Å². The SMILES string of the molecule is CCOc1ccc(C(=O)N(CCCC(=O)O)Cc2ccccc2)cc1. The second-order valence-corrected chi connectivity index (χ2v) is 5.67. The van der Waals surface area contributed by atoms with Gasteiger partial charge in [0, 0.05) is 25.1 Å². The van der Waals surface area contributed by atoms with E-state index in [-0.39, 0.29) is 12.3 Å². The molecule has 25 heavy (non-hydrogen) atoms. The van der Waals surface area contributed by atoms with E-state index in [0.717, 1.165) is 11.3 Å². The lowest BCUT2D eigenvalue weighted by molar-refractivity contribution is -0.137. The van der Waals surface area contributed by atoms with E-state index in [1.807, 2.05) is 37.3 Å². The Morgan fingerprint density at radius 2 is 1.72 bits per heavy atom. The summed E-state index contributed by atoms with van der Waals surface area (Å²) < 4.78 is 5.40. The molecule has 0 aromatic heterocycles. The molecule has 0 aliphatic heterocycles. The lowest BCUT2D eigenvalue weighted by Gasteiger charge is -2.23. The van der Waals surface area contributed by atoms with Crippen molar-refractivity contribution in [3.63, 3.8) is 0 Å². The Kier molecular flexibility index (Phi) is 7.01. The number of hydrogen-bond acceptors (Lipinski definition) is 3. The zero-order chi connectivity index (χ0) is 18.1. The Morgan fingerprint density at radius 1 is 1.04 bits per heavy atom. The second kappa shape index (κ2) is 9.47. The average molecular weight is 341 g/mol. The van der Waals surface area contributed by atoms with Crippen LogP contribution < -0.4 is 4.74 Å².